The maximum atomic E-state index is 12.7. The molecular weight excluding hydrogens is 422 g/mol. The van der Waals surface area contributed by atoms with Crippen molar-refractivity contribution in [2.75, 3.05) is 6.54 Å². The van der Waals surface area contributed by atoms with E-state index in [0.29, 0.717) is 10.6 Å². The van der Waals surface area contributed by atoms with Crippen LogP contribution in [0.3, 0.4) is 0 Å². The second-order valence-electron chi connectivity index (χ2n) is 6.21. The van der Waals surface area contributed by atoms with Crippen molar-refractivity contribution in [1.82, 2.24) is 4.90 Å². The number of likely N-dealkylation sites (tertiary alicyclic amines) is 1. The first-order chi connectivity index (χ1) is 12.5. The van der Waals surface area contributed by atoms with Gasteiger partial charge in [-0.1, -0.05) is 63.9 Å². The zero-order chi connectivity index (χ0) is 18.7. The minimum absolute atomic E-state index is 0.0306. The zero-order valence-electron chi connectivity index (χ0n) is 13.9. The van der Waals surface area contributed by atoms with E-state index in [9.17, 15) is 15.0 Å². The number of aliphatic hydroxyl groups excluding tert-OH is 2. The number of ether oxygens (including phenoxy) is 1. The number of nitrogens with zero attached hydrogens (tertiary/aromatic N) is 1. The van der Waals surface area contributed by atoms with E-state index in [-0.39, 0.29) is 19.6 Å². The predicted octanol–water partition coefficient (Wildman–Crippen LogP) is 3.91. The molecule has 5 nitrogen and oxygen atoms in total. The Hall–Kier alpha value is -1.60. The summed E-state index contributed by atoms with van der Waals surface area (Å²) in [5.41, 5.74) is 1.56. The lowest BCUT2D eigenvalue weighted by Gasteiger charge is -2.40. The average molecular weight is 441 g/mol. The van der Waals surface area contributed by atoms with Gasteiger partial charge < -0.3 is 14.9 Å². The van der Waals surface area contributed by atoms with Crippen LogP contribution in [-0.2, 0) is 11.3 Å². The number of benzene rings is 2. The molecule has 0 radical (unpaired) electrons. The van der Waals surface area contributed by atoms with Crippen molar-refractivity contribution in [3.05, 3.63) is 69.2 Å². The quantitative estimate of drug-likeness (QED) is 0.759. The molecule has 138 valence electrons. The summed E-state index contributed by atoms with van der Waals surface area (Å²) in [7, 11) is 0. The van der Waals surface area contributed by atoms with Gasteiger partial charge in [0.15, 0.2) is 0 Å². The van der Waals surface area contributed by atoms with Gasteiger partial charge in [0, 0.05) is 21.5 Å². The van der Waals surface area contributed by atoms with E-state index >= 15 is 0 Å². The molecule has 7 heteroatoms. The molecule has 3 atom stereocenters. The highest BCUT2D eigenvalue weighted by Gasteiger charge is 2.39. The molecule has 1 fully saturated rings. The molecule has 1 saturated heterocycles. The van der Waals surface area contributed by atoms with Crippen LogP contribution in [0.15, 0.2) is 53.0 Å². The lowest BCUT2D eigenvalue weighted by molar-refractivity contribution is -0.0589. The highest BCUT2D eigenvalue weighted by molar-refractivity contribution is 9.10. The minimum atomic E-state index is -1.03. The molecule has 0 spiro atoms. The van der Waals surface area contributed by atoms with Gasteiger partial charge >= 0.3 is 6.09 Å². The number of carbonyl (C=O) groups excluding carboxylic acids is 1. The van der Waals surface area contributed by atoms with Crippen LogP contribution >= 0.6 is 27.5 Å². The molecule has 26 heavy (non-hydrogen) atoms. The topological polar surface area (TPSA) is 70.0 Å². The Labute approximate surface area is 165 Å². The molecule has 2 aromatic rings. The molecule has 0 saturated carbocycles. The van der Waals surface area contributed by atoms with Gasteiger partial charge in [0.05, 0.1) is 24.8 Å². The van der Waals surface area contributed by atoms with Crippen molar-refractivity contribution in [3.63, 3.8) is 0 Å². The van der Waals surface area contributed by atoms with E-state index < -0.39 is 24.3 Å². The van der Waals surface area contributed by atoms with Crippen molar-refractivity contribution in [3.8, 4) is 0 Å². The third kappa shape index (κ3) is 4.20. The van der Waals surface area contributed by atoms with Crippen LogP contribution in [0, 0.1) is 0 Å². The Morgan fingerprint density at radius 3 is 2.58 bits per heavy atom. The summed E-state index contributed by atoms with van der Waals surface area (Å²) >= 11 is 9.80. The molecule has 0 aliphatic carbocycles. The average Bonchev–Trinajstić information content (AvgIpc) is 2.63. The van der Waals surface area contributed by atoms with Crippen molar-refractivity contribution in [1.29, 1.82) is 0 Å². The van der Waals surface area contributed by atoms with E-state index in [1.165, 1.54) is 4.90 Å². The molecule has 1 amide bonds. The number of β-amino-alcohol motifs (C(OH)–C–C–N with tert-alkyl or cyclic N) is 1. The van der Waals surface area contributed by atoms with E-state index in [4.69, 9.17) is 16.3 Å². The number of piperidine rings is 1. The van der Waals surface area contributed by atoms with Crippen LogP contribution in [-0.4, -0.2) is 40.0 Å². The van der Waals surface area contributed by atoms with Crippen LogP contribution in [0.25, 0.3) is 0 Å². The summed E-state index contributed by atoms with van der Waals surface area (Å²) in [4.78, 5) is 14.1. The van der Waals surface area contributed by atoms with E-state index in [0.717, 1.165) is 10.0 Å². The summed E-state index contributed by atoms with van der Waals surface area (Å²) in [6.07, 6.45) is -2.36. The molecular formula is C19H19BrClNO4. The first-order valence-electron chi connectivity index (χ1n) is 8.24. The SMILES string of the molecule is O=C(OCc1ccccc1)N1C[C@H](O)[C@H](O)C[C@@H]1c1c(Cl)cccc1Br. The lowest BCUT2D eigenvalue weighted by atomic mass is 9.92. The van der Waals surface area contributed by atoms with Gasteiger partial charge in [-0.2, -0.15) is 0 Å². The fourth-order valence-electron chi connectivity index (χ4n) is 3.07. The molecule has 2 N–H and O–H groups in total. The Morgan fingerprint density at radius 1 is 1.15 bits per heavy atom. The Morgan fingerprint density at radius 2 is 1.88 bits per heavy atom. The highest BCUT2D eigenvalue weighted by Crippen LogP contribution is 2.39. The maximum absolute atomic E-state index is 12.7. The molecule has 1 aliphatic rings. The standard InChI is InChI=1S/C19H19BrClNO4/c20-13-7-4-8-14(21)18(13)15-9-16(23)17(24)10-22(15)19(25)26-11-12-5-2-1-3-6-12/h1-8,15-17,23-24H,9-11H2/t15-,16-,17+/m1/s1. The fourth-order valence-corrected chi connectivity index (χ4v) is 4.12. The number of hydrogen-bond acceptors (Lipinski definition) is 4. The Kier molecular flexibility index (Phi) is 6.19. The summed E-state index contributed by atoms with van der Waals surface area (Å²) < 4.78 is 6.15. The second-order valence-corrected chi connectivity index (χ2v) is 7.48. The molecule has 0 aromatic heterocycles. The maximum Gasteiger partial charge on any atom is 0.410 e. The van der Waals surface area contributed by atoms with Gasteiger partial charge in [-0.3, -0.25) is 4.90 Å². The number of aliphatic hydroxyl groups is 2. The van der Waals surface area contributed by atoms with E-state index in [1.54, 1.807) is 12.1 Å². The summed E-state index contributed by atoms with van der Waals surface area (Å²) in [5.74, 6) is 0. The molecule has 3 rings (SSSR count). The van der Waals surface area contributed by atoms with Crippen LogP contribution in [0.1, 0.15) is 23.6 Å². The third-order valence-electron chi connectivity index (χ3n) is 4.44. The number of carbonyl (C=O) groups is 1. The number of rotatable bonds is 3. The Bertz CT molecular complexity index is 753. The van der Waals surface area contributed by atoms with Gasteiger partial charge in [0.25, 0.3) is 0 Å². The van der Waals surface area contributed by atoms with Crippen LogP contribution < -0.4 is 0 Å². The van der Waals surface area contributed by atoms with E-state index in [1.807, 2.05) is 36.4 Å². The van der Waals surface area contributed by atoms with Gasteiger partial charge in [-0.25, -0.2) is 4.79 Å². The van der Waals surface area contributed by atoms with E-state index in [2.05, 4.69) is 15.9 Å². The largest absolute Gasteiger partial charge is 0.445 e. The first kappa shape index (κ1) is 19.2. The number of amides is 1. The van der Waals surface area contributed by atoms with Crippen molar-refractivity contribution >= 4 is 33.6 Å². The lowest BCUT2D eigenvalue weighted by Crippen LogP contribution is -2.50. The smallest absolute Gasteiger partial charge is 0.410 e. The molecule has 2 aromatic carbocycles. The normalized spacial score (nSPS) is 22.9. The highest BCUT2D eigenvalue weighted by atomic mass is 79.9. The minimum Gasteiger partial charge on any atom is -0.445 e. The van der Waals surface area contributed by atoms with Gasteiger partial charge in [0.1, 0.15) is 6.61 Å². The molecule has 0 bridgehead atoms. The monoisotopic (exact) mass is 439 g/mol. The molecule has 1 heterocycles. The Balaban J connectivity index is 1.82. The number of hydrogen-bond donors (Lipinski definition) is 2. The summed E-state index contributed by atoms with van der Waals surface area (Å²) in [6, 6.07) is 14.2. The van der Waals surface area contributed by atoms with Crippen molar-refractivity contribution in [2.24, 2.45) is 0 Å². The van der Waals surface area contributed by atoms with Crippen LogP contribution in [0.5, 0.6) is 0 Å². The first-order valence-corrected chi connectivity index (χ1v) is 9.42. The zero-order valence-corrected chi connectivity index (χ0v) is 16.2. The van der Waals surface area contributed by atoms with Gasteiger partial charge in [-0.05, 0) is 17.7 Å². The summed E-state index contributed by atoms with van der Waals surface area (Å²) in [5, 5.41) is 20.6. The molecule has 0 unspecified atom stereocenters. The third-order valence-corrected chi connectivity index (χ3v) is 5.46. The predicted molar refractivity (Wildman–Crippen MR) is 102 cm³/mol. The summed E-state index contributed by atoms with van der Waals surface area (Å²) in [6.45, 7) is 0.0996. The van der Waals surface area contributed by atoms with Crippen molar-refractivity contribution in [2.45, 2.75) is 31.3 Å². The van der Waals surface area contributed by atoms with Crippen LogP contribution in [0.4, 0.5) is 4.79 Å². The van der Waals surface area contributed by atoms with Gasteiger partial charge in [-0.15, -0.1) is 0 Å². The van der Waals surface area contributed by atoms with Gasteiger partial charge in [0.2, 0.25) is 0 Å². The van der Waals surface area contributed by atoms with Crippen LogP contribution in [0.2, 0.25) is 5.02 Å². The fraction of sp³-hybridized carbons (Fsp3) is 0.316. The van der Waals surface area contributed by atoms with Crippen molar-refractivity contribution < 1.29 is 19.7 Å². The molecule has 1 aliphatic heterocycles. The second kappa shape index (κ2) is 8.39. The number of halogens is 2.